The fraction of sp³-hybridized carbons (Fsp3) is 0.286. The minimum absolute atomic E-state index is 0.109. The molecule has 2 aromatic heterocycles. The van der Waals surface area contributed by atoms with E-state index in [9.17, 15) is 13.6 Å². The first-order chi connectivity index (χ1) is 10.5. The van der Waals surface area contributed by atoms with Crippen LogP contribution in [0, 0.1) is 6.92 Å². The molecule has 0 unspecified atom stereocenters. The third-order valence-corrected chi connectivity index (χ3v) is 3.74. The van der Waals surface area contributed by atoms with Gasteiger partial charge in [0.15, 0.2) is 0 Å². The lowest BCUT2D eigenvalue weighted by atomic mass is 10.2. The van der Waals surface area contributed by atoms with Crippen LogP contribution >= 0.6 is 11.3 Å². The smallest absolute Gasteiger partial charge is 0.387 e. The SMILES string of the molecule is COc1cc(CNC(=O)c2sc(C)cc2OC(F)F)ccn1. The third kappa shape index (κ3) is 4.14. The number of halogens is 2. The largest absolute Gasteiger partial charge is 0.481 e. The molecule has 0 atom stereocenters. The number of pyridine rings is 1. The number of nitrogens with one attached hydrogen (secondary N) is 1. The lowest BCUT2D eigenvalue weighted by Gasteiger charge is -2.07. The molecule has 2 heterocycles. The molecule has 1 N–H and O–H groups in total. The number of amides is 1. The Labute approximate surface area is 129 Å². The van der Waals surface area contributed by atoms with Crippen molar-refractivity contribution >= 4 is 17.2 Å². The Morgan fingerprint density at radius 2 is 2.23 bits per heavy atom. The molecule has 0 aliphatic rings. The van der Waals surface area contributed by atoms with Crippen molar-refractivity contribution in [3.8, 4) is 11.6 Å². The van der Waals surface area contributed by atoms with Gasteiger partial charge in [0, 0.05) is 23.7 Å². The Morgan fingerprint density at radius 3 is 2.91 bits per heavy atom. The van der Waals surface area contributed by atoms with Gasteiger partial charge in [-0.3, -0.25) is 4.79 Å². The monoisotopic (exact) mass is 328 g/mol. The van der Waals surface area contributed by atoms with Crippen molar-refractivity contribution in [1.29, 1.82) is 0 Å². The summed E-state index contributed by atoms with van der Waals surface area (Å²) in [7, 11) is 1.49. The molecule has 5 nitrogen and oxygen atoms in total. The number of ether oxygens (including phenoxy) is 2. The summed E-state index contributed by atoms with van der Waals surface area (Å²) in [4.78, 5) is 16.9. The van der Waals surface area contributed by atoms with Crippen LogP contribution in [0.2, 0.25) is 0 Å². The predicted octanol–water partition coefficient (Wildman–Crippen LogP) is 2.99. The van der Waals surface area contributed by atoms with Crippen LogP contribution in [0.15, 0.2) is 24.4 Å². The lowest BCUT2D eigenvalue weighted by Crippen LogP contribution is -2.22. The molecule has 0 bridgehead atoms. The van der Waals surface area contributed by atoms with E-state index in [1.807, 2.05) is 0 Å². The van der Waals surface area contributed by atoms with Crippen molar-refractivity contribution in [3.63, 3.8) is 0 Å². The van der Waals surface area contributed by atoms with Crippen LogP contribution in [0.3, 0.4) is 0 Å². The first kappa shape index (κ1) is 16.2. The summed E-state index contributed by atoms with van der Waals surface area (Å²) in [6.07, 6.45) is 1.56. The van der Waals surface area contributed by atoms with Gasteiger partial charge in [0.05, 0.1) is 7.11 Å². The van der Waals surface area contributed by atoms with Gasteiger partial charge in [-0.25, -0.2) is 4.98 Å². The quantitative estimate of drug-likeness (QED) is 0.885. The lowest BCUT2D eigenvalue weighted by molar-refractivity contribution is -0.0498. The Morgan fingerprint density at radius 1 is 1.45 bits per heavy atom. The maximum absolute atomic E-state index is 12.3. The number of nitrogens with zero attached hydrogens (tertiary/aromatic N) is 1. The Balaban J connectivity index is 2.05. The van der Waals surface area contributed by atoms with Crippen molar-refractivity contribution in [2.75, 3.05) is 7.11 Å². The van der Waals surface area contributed by atoms with E-state index in [1.165, 1.54) is 13.2 Å². The van der Waals surface area contributed by atoms with Gasteiger partial charge in [-0.15, -0.1) is 11.3 Å². The zero-order valence-corrected chi connectivity index (χ0v) is 12.7. The first-order valence-corrected chi connectivity index (χ1v) is 7.13. The van der Waals surface area contributed by atoms with Crippen molar-refractivity contribution < 1.29 is 23.0 Å². The van der Waals surface area contributed by atoms with Gasteiger partial charge in [0.1, 0.15) is 10.6 Å². The molecule has 0 aliphatic carbocycles. The summed E-state index contributed by atoms with van der Waals surface area (Å²) in [6.45, 7) is -1.03. The Kier molecular flexibility index (Phi) is 5.26. The highest BCUT2D eigenvalue weighted by molar-refractivity contribution is 7.14. The van der Waals surface area contributed by atoms with Crippen LogP contribution in [0.4, 0.5) is 8.78 Å². The number of rotatable bonds is 6. The molecule has 0 aliphatic heterocycles. The predicted molar refractivity (Wildman–Crippen MR) is 77.6 cm³/mol. The van der Waals surface area contributed by atoms with Gasteiger partial charge in [-0.1, -0.05) is 0 Å². The van der Waals surface area contributed by atoms with Gasteiger partial charge >= 0.3 is 6.61 Å². The van der Waals surface area contributed by atoms with Crippen LogP contribution < -0.4 is 14.8 Å². The average Bonchev–Trinajstić information content (AvgIpc) is 2.85. The molecule has 118 valence electrons. The Hall–Kier alpha value is -2.22. The van der Waals surface area contributed by atoms with E-state index in [0.717, 1.165) is 16.9 Å². The third-order valence-electron chi connectivity index (χ3n) is 2.70. The van der Waals surface area contributed by atoms with Crippen LogP contribution in [0.1, 0.15) is 20.1 Å². The topological polar surface area (TPSA) is 60.5 Å². The van der Waals surface area contributed by atoms with Crippen molar-refractivity contribution in [2.45, 2.75) is 20.1 Å². The van der Waals surface area contributed by atoms with E-state index in [2.05, 4.69) is 15.0 Å². The molecule has 8 heteroatoms. The molecule has 0 saturated carbocycles. The van der Waals surface area contributed by atoms with Gasteiger partial charge < -0.3 is 14.8 Å². The summed E-state index contributed by atoms with van der Waals surface area (Å²) >= 11 is 1.10. The molecule has 1 amide bonds. The maximum atomic E-state index is 12.3. The number of hydrogen-bond donors (Lipinski definition) is 1. The number of alkyl halides is 2. The number of carbonyl (C=O) groups excluding carboxylic acids is 1. The van der Waals surface area contributed by atoms with Crippen molar-refractivity contribution in [2.24, 2.45) is 0 Å². The van der Waals surface area contributed by atoms with E-state index in [4.69, 9.17) is 4.74 Å². The fourth-order valence-electron chi connectivity index (χ4n) is 1.77. The molecule has 0 spiro atoms. The molecule has 0 radical (unpaired) electrons. The van der Waals surface area contributed by atoms with Crippen molar-refractivity contribution in [1.82, 2.24) is 10.3 Å². The molecule has 2 aromatic rings. The molecule has 0 fully saturated rings. The zero-order chi connectivity index (χ0) is 16.1. The maximum Gasteiger partial charge on any atom is 0.387 e. The summed E-state index contributed by atoms with van der Waals surface area (Å²) in [5, 5.41) is 2.66. The second-order valence-corrected chi connectivity index (χ2v) is 5.57. The summed E-state index contributed by atoms with van der Waals surface area (Å²) in [6, 6.07) is 4.82. The van der Waals surface area contributed by atoms with E-state index in [0.29, 0.717) is 10.8 Å². The van der Waals surface area contributed by atoms with Crippen LogP contribution in [-0.2, 0) is 6.54 Å². The van der Waals surface area contributed by atoms with Gasteiger partial charge in [-0.05, 0) is 24.6 Å². The zero-order valence-electron chi connectivity index (χ0n) is 11.9. The molecular formula is C14H14F2N2O3S. The van der Waals surface area contributed by atoms with Crippen LogP contribution in [0.5, 0.6) is 11.6 Å². The van der Waals surface area contributed by atoms with E-state index < -0.39 is 12.5 Å². The molecular weight excluding hydrogens is 314 g/mol. The minimum atomic E-state index is -2.97. The summed E-state index contributed by atoms with van der Waals surface area (Å²) in [5.74, 6) is -0.146. The summed E-state index contributed by atoms with van der Waals surface area (Å²) < 4.78 is 34.0. The highest BCUT2D eigenvalue weighted by Crippen LogP contribution is 2.30. The number of thiophene rings is 1. The molecule has 0 saturated heterocycles. The van der Waals surface area contributed by atoms with Crippen molar-refractivity contribution in [3.05, 3.63) is 39.7 Å². The van der Waals surface area contributed by atoms with E-state index in [-0.39, 0.29) is 17.2 Å². The number of hydrogen-bond acceptors (Lipinski definition) is 5. The number of carbonyl (C=O) groups is 1. The van der Waals surface area contributed by atoms with Gasteiger partial charge in [0.2, 0.25) is 5.88 Å². The highest BCUT2D eigenvalue weighted by Gasteiger charge is 2.19. The van der Waals surface area contributed by atoms with Crippen LogP contribution in [0.25, 0.3) is 0 Å². The first-order valence-electron chi connectivity index (χ1n) is 6.32. The normalized spacial score (nSPS) is 10.6. The van der Waals surface area contributed by atoms with Crippen LogP contribution in [-0.4, -0.2) is 24.6 Å². The Bertz CT molecular complexity index is 661. The second-order valence-electron chi connectivity index (χ2n) is 4.32. The molecule has 22 heavy (non-hydrogen) atoms. The second kappa shape index (κ2) is 7.17. The number of methoxy groups -OCH3 is 1. The number of aromatic nitrogens is 1. The highest BCUT2D eigenvalue weighted by atomic mass is 32.1. The van der Waals surface area contributed by atoms with Gasteiger partial charge in [-0.2, -0.15) is 8.78 Å². The fourth-order valence-corrected chi connectivity index (χ4v) is 2.63. The van der Waals surface area contributed by atoms with E-state index >= 15 is 0 Å². The molecule has 0 aromatic carbocycles. The average molecular weight is 328 g/mol. The van der Waals surface area contributed by atoms with E-state index in [1.54, 1.807) is 25.3 Å². The molecule has 2 rings (SSSR count). The summed E-state index contributed by atoms with van der Waals surface area (Å²) in [5.41, 5.74) is 0.782. The number of aryl methyl sites for hydroxylation is 1. The standard InChI is InChI=1S/C14H14F2N2O3S/c1-8-5-10(21-14(15)16)12(22-8)13(19)18-7-9-3-4-17-11(6-9)20-2/h3-6,14H,7H2,1-2H3,(H,18,19). The minimum Gasteiger partial charge on any atom is -0.481 e. The van der Waals surface area contributed by atoms with Gasteiger partial charge in [0.25, 0.3) is 5.91 Å².